The van der Waals surface area contributed by atoms with E-state index >= 15 is 0 Å². The van der Waals surface area contributed by atoms with Crippen LogP contribution in [0.5, 0.6) is 5.75 Å². The standard InChI is InChI=1S/C23H29BrN2O3/c1-2-29-22-9-7-19(8-10-22)18-26(12-4-11-25-13-15-28-16-14-25)23(27)20-5-3-6-21(24)17-20/h3,5-10,17H,2,4,11-16,18H2,1H3. The van der Waals surface area contributed by atoms with Gasteiger partial charge < -0.3 is 14.4 Å². The van der Waals surface area contributed by atoms with E-state index in [-0.39, 0.29) is 5.91 Å². The first-order valence-electron chi connectivity index (χ1n) is 10.2. The van der Waals surface area contributed by atoms with Crippen molar-refractivity contribution in [2.45, 2.75) is 19.9 Å². The second-order valence-electron chi connectivity index (χ2n) is 7.12. The molecule has 5 nitrogen and oxygen atoms in total. The van der Waals surface area contributed by atoms with Crippen LogP contribution in [-0.4, -0.2) is 61.7 Å². The average Bonchev–Trinajstić information content (AvgIpc) is 2.75. The summed E-state index contributed by atoms with van der Waals surface area (Å²) in [6.45, 7) is 8.44. The van der Waals surface area contributed by atoms with Gasteiger partial charge in [0.1, 0.15) is 5.75 Å². The molecule has 0 unspecified atom stereocenters. The molecule has 6 heteroatoms. The molecule has 1 aliphatic heterocycles. The molecule has 3 rings (SSSR count). The van der Waals surface area contributed by atoms with Gasteiger partial charge in [0.2, 0.25) is 0 Å². The number of rotatable bonds is 9. The van der Waals surface area contributed by atoms with E-state index in [0.717, 1.165) is 61.6 Å². The predicted octanol–water partition coefficient (Wildman–Crippen LogP) is 4.21. The lowest BCUT2D eigenvalue weighted by Crippen LogP contribution is -2.39. The van der Waals surface area contributed by atoms with Crippen LogP contribution in [-0.2, 0) is 11.3 Å². The lowest BCUT2D eigenvalue weighted by Gasteiger charge is -2.28. The molecule has 2 aromatic rings. The maximum Gasteiger partial charge on any atom is 0.254 e. The summed E-state index contributed by atoms with van der Waals surface area (Å²) in [7, 11) is 0. The molecule has 0 aliphatic carbocycles. The van der Waals surface area contributed by atoms with Crippen LogP contribution in [0.15, 0.2) is 53.0 Å². The molecule has 0 spiro atoms. The van der Waals surface area contributed by atoms with Gasteiger partial charge >= 0.3 is 0 Å². The minimum Gasteiger partial charge on any atom is -0.494 e. The van der Waals surface area contributed by atoms with E-state index in [4.69, 9.17) is 9.47 Å². The second kappa shape index (κ2) is 11.3. The zero-order valence-electron chi connectivity index (χ0n) is 17.0. The number of morpholine rings is 1. The maximum absolute atomic E-state index is 13.2. The molecule has 0 radical (unpaired) electrons. The zero-order chi connectivity index (χ0) is 20.5. The fourth-order valence-electron chi connectivity index (χ4n) is 3.44. The van der Waals surface area contributed by atoms with E-state index in [9.17, 15) is 4.79 Å². The Kier molecular flexibility index (Phi) is 8.52. The van der Waals surface area contributed by atoms with E-state index in [1.807, 2.05) is 60.4 Å². The van der Waals surface area contributed by atoms with Gasteiger partial charge in [-0.25, -0.2) is 0 Å². The first kappa shape index (κ1) is 21.8. The van der Waals surface area contributed by atoms with E-state index < -0.39 is 0 Å². The molecular formula is C23H29BrN2O3. The van der Waals surface area contributed by atoms with E-state index in [2.05, 4.69) is 20.8 Å². The molecule has 1 aliphatic rings. The molecule has 0 atom stereocenters. The van der Waals surface area contributed by atoms with Crippen molar-refractivity contribution in [1.82, 2.24) is 9.80 Å². The largest absolute Gasteiger partial charge is 0.494 e. The van der Waals surface area contributed by atoms with Crippen molar-refractivity contribution in [3.8, 4) is 5.75 Å². The third kappa shape index (κ3) is 6.84. The number of benzene rings is 2. The first-order chi connectivity index (χ1) is 14.2. The SMILES string of the molecule is CCOc1ccc(CN(CCCN2CCOCC2)C(=O)c2cccc(Br)c2)cc1. The van der Waals surface area contributed by atoms with Gasteiger partial charge in [-0.15, -0.1) is 0 Å². The van der Waals surface area contributed by atoms with E-state index in [1.54, 1.807) is 0 Å². The highest BCUT2D eigenvalue weighted by Gasteiger charge is 2.18. The summed E-state index contributed by atoms with van der Waals surface area (Å²) in [5.74, 6) is 0.913. The number of hydrogen-bond donors (Lipinski definition) is 0. The van der Waals surface area contributed by atoms with Gasteiger partial charge in [-0.1, -0.05) is 34.1 Å². The summed E-state index contributed by atoms with van der Waals surface area (Å²) in [5, 5.41) is 0. The fraction of sp³-hybridized carbons (Fsp3) is 0.435. The monoisotopic (exact) mass is 460 g/mol. The lowest BCUT2D eigenvalue weighted by molar-refractivity contribution is 0.0355. The Morgan fingerprint density at radius 3 is 2.62 bits per heavy atom. The van der Waals surface area contributed by atoms with Crippen LogP contribution in [0.4, 0.5) is 0 Å². The molecular weight excluding hydrogens is 432 g/mol. The van der Waals surface area contributed by atoms with Crippen molar-refractivity contribution in [3.05, 3.63) is 64.1 Å². The summed E-state index contributed by atoms with van der Waals surface area (Å²) >= 11 is 3.47. The van der Waals surface area contributed by atoms with Crippen LogP contribution in [0.2, 0.25) is 0 Å². The topological polar surface area (TPSA) is 42.0 Å². The number of halogens is 1. The molecule has 0 N–H and O–H groups in total. The van der Waals surface area contributed by atoms with Crippen LogP contribution < -0.4 is 4.74 Å². The van der Waals surface area contributed by atoms with Gasteiger partial charge in [-0.2, -0.15) is 0 Å². The highest BCUT2D eigenvalue weighted by Crippen LogP contribution is 2.18. The van der Waals surface area contributed by atoms with E-state index in [1.165, 1.54) is 0 Å². The van der Waals surface area contributed by atoms with Crippen molar-refractivity contribution < 1.29 is 14.3 Å². The van der Waals surface area contributed by atoms with Crippen molar-refractivity contribution in [3.63, 3.8) is 0 Å². The Bertz CT molecular complexity index is 776. The maximum atomic E-state index is 13.2. The van der Waals surface area contributed by atoms with Gasteiger partial charge in [0.15, 0.2) is 0 Å². The molecule has 0 saturated carbocycles. The number of carbonyl (C=O) groups excluding carboxylic acids is 1. The summed E-state index contributed by atoms with van der Waals surface area (Å²) in [4.78, 5) is 17.5. The average molecular weight is 461 g/mol. The van der Waals surface area contributed by atoms with Crippen LogP contribution >= 0.6 is 15.9 Å². The zero-order valence-corrected chi connectivity index (χ0v) is 18.6. The summed E-state index contributed by atoms with van der Waals surface area (Å²) in [6.07, 6.45) is 0.941. The minimum absolute atomic E-state index is 0.0576. The summed E-state index contributed by atoms with van der Waals surface area (Å²) in [5.41, 5.74) is 1.81. The van der Waals surface area contributed by atoms with Gasteiger partial charge in [0.05, 0.1) is 19.8 Å². The lowest BCUT2D eigenvalue weighted by atomic mass is 10.1. The van der Waals surface area contributed by atoms with Gasteiger partial charge in [0.25, 0.3) is 5.91 Å². The molecule has 156 valence electrons. The van der Waals surface area contributed by atoms with Crippen molar-refractivity contribution in [2.24, 2.45) is 0 Å². The van der Waals surface area contributed by atoms with Crippen molar-refractivity contribution >= 4 is 21.8 Å². The van der Waals surface area contributed by atoms with Gasteiger partial charge in [-0.3, -0.25) is 9.69 Å². The fourth-order valence-corrected chi connectivity index (χ4v) is 3.84. The number of ether oxygens (including phenoxy) is 2. The Labute approximate surface area is 181 Å². The molecule has 1 fully saturated rings. The number of hydrogen-bond acceptors (Lipinski definition) is 4. The number of nitrogens with zero attached hydrogens (tertiary/aromatic N) is 2. The van der Waals surface area contributed by atoms with Crippen LogP contribution in [0.3, 0.4) is 0 Å². The minimum atomic E-state index is 0.0576. The Morgan fingerprint density at radius 2 is 1.93 bits per heavy atom. The summed E-state index contributed by atoms with van der Waals surface area (Å²) in [6, 6.07) is 15.6. The number of carbonyl (C=O) groups is 1. The Morgan fingerprint density at radius 1 is 1.17 bits per heavy atom. The molecule has 0 aromatic heterocycles. The Balaban J connectivity index is 1.66. The molecule has 29 heavy (non-hydrogen) atoms. The quantitative estimate of drug-likeness (QED) is 0.561. The molecule has 1 heterocycles. The predicted molar refractivity (Wildman–Crippen MR) is 118 cm³/mol. The third-order valence-corrected chi connectivity index (χ3v) is 5.47. The molecule has 0 bridgehead atoms. The summed E-state index contributed by atoms with van der Waals surface area (Å²) < 4.78 is 11.9. The Hall–Kier alpha value is -1.89. The molecule has 2 aromatic carbocycles. The highest BCUT2D eigenvalue weighted by atomic mass is 79.9. The van der Waals surface area contributed by atoms with Crippen molar-refractivity contribution in [2.75, 3.05) is 46.0 Å². The van der Waals surface area contributed by atoms with Crippen LogP contribution in [0, 0.1) is 0 Å². The van der Waals surface area contributed by atoms with Crippen LogP contribution in [0.1, 0.15) is 29.3 Å². The number of amides is 1. The van der Waals surface area contributed by atoms with Crippen LogP contribution in [0.25, 0.3) is 0 Å². The highest BCUT2D eigenvalue weighted by molar-refractivity contribution is 9.10. The molecule has 1 saturated heterocycles. The van der Waals surface area contributed by atoms with Crippen molar-refractivity contribution in [1.29, 1.82) is 0 Å². The second-order valence-corrected chi connectivity index (χ2v) is 8.04. The third-order valence-electron chi connectivity index (χ3n) is 4.97. The van der Waals surface area contributed by atoms with E-state index in [0.29, 0.717) is 18.7 Å². The van der Waals surface area contributed by atoms with Gasteiger partial charge in [-0.05, 0) is 49.2 Å². The molecule has 1 amide bonds. The normalized spacial score (nSPS) is 14.6. The van der Waals surface area contributed by atoms with Gasteiger partial charge in [0, 0.05) is 42.8 Å². The first-order valence-corrected chi connectivity index (χ1v) is 11.0. The smallest absolute Gasteiger partial charge is 0.254 e.